The second-order valence-corrected chi connectivity index (χ2v) is 4.82. The van der Waals surface area contributed by atoms with Gasteiger partial charge < -0.3 is 15.2 Å². The number of carbonyl (C=O) groups excluding carboxylic acids is 2. The summed E-state index contributed by atoms with van der Waals surface area (Å²) in [6, 6.07) is 4.09. The van der Waals surface area contributed by atoms with Crippen LogP contribution in [0.25, 0.3) is 0 Å². The van der Waals surface area contributed by atoms with Crippen molar-refractivity contribution in [1.29, 1.82) is 0 Å². The molecule has 0 aliphatic heterocycles. The van der Waals surface area contributed by atoms with Crippen molar-refractivity contribution in [2.45, 2.75) is 26.8 Å². The van der Waals surface area contributed by atoms with E-state index in [1.165, 1.54) is 24.4 Å². The molecule has 1 aromatic rings. The Morgan fingerprint density at radius 3 is 2.57 bits per heavy atom. The third-order valence-corrected chi connectivity index (χ3v) is 2.55. The molecule has 0 aliphatic rings. The number of ether oxygens (including phenoxy) is 1. The molecule has 0 saturated heterocycles. The van der Waals surface area contributed by atoms with Crippen LogP contribution in [-0.4, -0.2) is 41.8 Å². The number of nitrogens with zero attached hydrogens (tertiary/aromatic N) is 1. The first-order chi connectivity index (χ1) is 10.8. The summed E-state index contributed by atoms with van der Waals surface area (Å²) < 4.78 is 5.35. The number of hydrogen-bond acceptors (Lipinski definition) is 5. The SMILES string of the molecule is CCOc1ccc(C(=O)O)cc1/C=N\NC(=O)C(=O)NC(C)C. The molecule has 0 aromatic heterocycles. The first-order valence-electron chi connectivity index (χ1n) is 6.99. The number of carboxylic acids is 1. The molecule has 0 aliphatic carbocycles. The summed E-state index contributed by atoms with van der Waals surface area (Å²) in [6.45, 7) is 5.61. The van der Waals surface area contributed by atoms with Crippen molar-refractivity contribution in [3.63, 3.8) is 0 Å². The Bertz CT molecular complexity index is 626. The van der Waals surface area contributed by atoms with Crippen LogP contribution < -0.4 is 15.5 Å². The van der Waals surface area contributed by atoms with Gasteiger partial charge in [-0.15, -0.1) is 0 Å². The van der Waals surface area contributed by atoms with Gasteiger partial charge in [-0.2, -0.15) is 5.10 Å². The fourth-order valence-electron chi connectivity index (χ4n) is 1.61. The monoisotopic (exact) mass is 321 g/mol. The Morgan fingerprint density at radius 2 is 2.00 bits per heavy atom. The highest BCUT2D eigenvalue weighted by Gasteiger charge is 2.13. The van der Waals surface area contributed by atoms with Crippen LogP contribution in [0.3, 0.4) is 0 Å². The van der Waals surface area contributed by atoms with Crippen molar-refractivity contribution in [3.05, 3.63) is 29.3 Å². The number of hydrogen-bond donors (Lipinski definition) is 3. The number of hydrazone groups is 1. The van der Waals surface area contributed by atoms with Crippen LogP contribution in [0.1, 0.15) is 36.7 Å². The topological polar surface area (TPSA) is 117 Å². The molecule has 1 rings (SSSR count). The summed E-state index contributed by atoms with van der Waals surface area (Å²) in [4.78, 5) is 33.9. The lowest BCUT2D eigenvalue weighted by atomic mass is 10.1. The summed E-state index contributed by atoms with van der Waals surface area (Å²) in [7, 11) is 0. The van der Waals surface area contributed by atoms with Crippen LogP contribution in [0.4, 0.5) is 0 Å². The second-order valence-electron chi connectivity index (χ2n) is 4.82. The lowest BCUT2D eigenvalue weighted by Crippen LogP contribution is -2.41. The zero-order chi connectivity index (χ0) is 17.4. The summed E-state index contributed by atoms with van der Waals surface area (Å²) in [5.41, 5.74) is 2.50. The molecule has 8 heteroatoms. The highest BCUT2D eigenvalue weighted by Crippen LogP contribution is 2.18. The molecule has 0 heterocycles. The highest BCUT2D eigenvalue weighted by molar-refractivity contribution is 6.35. The molecule has 8 nitrogen and oxygen atoms in total. The van der Waals surface area contributed by atoms with E-state index in [2.05, 4.69) is 15.8 Å². The number of nitrogens with one attached hydrogen (secondary N) is 2. The summed E-state index contributed by atoms with van der Waals surface area (Å²) >= 11 is 0. The minimum absolute atomic E-state index is 0.0544. The van der Waals surface area contributed by atoms with E-state index >= 15 is 0 Å². The highest BCUT2D eigenvalue weighted by atomic mass is 16.5. The molecule has 0 fully saturated rings. The first kappa shape index (κ1) is 18.1. The van der Waals surface area contributed by atoms with E-state index in [0.717, 1.165) is 0 Å². The van der Waals surface area contributed by atoms with Crippen molar-refractivity contribution in [1.82, 2.24) is 10.7 Å². The van der Waals surface area contributed by atoms with Gasteiger partial charge in [0.1, 0.15) is 5.75 Å². The molecule has 0 atom stereocenters. The maximum atomic E-state index is 11.5. The maximum Gasteiger partial charge on any atom is 0.335 e. The van der Waals surface area contributed by atoms with E-state index in [9.17, 15) is 14.4 Å². The van der Waals surface area contributed by atoms with E-state index in [1.54, 1.807) is 20.8 Å². The van der Waals surface area contributed by atoms with Crippen molar-refractivity contribution < 1.29 is 24.2 Å². The van der Waals surface area contributed by atoms with Gasteiger partial charge >= 0.3 is 17.8 Å². The zero-order valence-electron chi connectivity index (χ0n) is 13.1. The Kier molecular flexibility index (Phi) is 6.72. The average molecular weight is 321 g/mol. The summed E-state index contributed by atoms with van der Waals surface area (Å²) in [5.74, 6) is -2.39. The van der Waals surface area contributed by atoms with Gasteiger partial charge in [0.05, 0.1) is 18.4 Å². The molecule has 0 spiro atoms. The first-order valence-corrected chi connectivity index (χ1v) is 6.99. The minimum Gasteiger partial charge on any atom is -0.493 e. The minimum atomic E-state index is -1.09. The smallest absolute Gasteiger partial charge is 0.335 e. The van der Waals surface area contributed by atoms with Crippen LogP contribution in [0.2, 0.25) is 0 Å². The van der Waals surface area contributed by atoms with Gasteiger partial charge in [-0.1, -0.05) is 0 Å². The van der Waals surface area contributed by atoms with E-state index in [4.69, 9.17) is 9.84 Å². The molecule has 0 saturated carbocycles. The Labute approximate surface area is 133 Å². The van der Waals surface area contributed by atoms with E-state index in [0.29, 0.717) is 17.9 Å². The maximum absolute atomic E-state index is 11.5. The molecule has 124 valence electrons. The van der Waals surface area contributed by atoms with Crippen molar-refractivity contribution in [3.8, 4) is 5.75 Å². The fourth-order valence-corrected chi connectivity index (χ4v) is 1.61. The number of benzene rings is 1. The molecule has 0 bridgehead atoms. The Balaban J connectivity index is 2.85. The molecule has 2 amide bonds. The average Bonchev–Trinajstić information content (AvgIpc) is 2.47. The molecule has 23 heavy (non-hydrogen) atoms. The van der Waals surface area contributed by atoms with Gasteiger partial charge in [-0.25, -0.2) is 10.2 Å². The molecule has 0 unspecified atom stereocenters. The largest absolute Gasteiger partial charge is 0.493 e. The number of carbonyl (C=O) groups is 3. The molecule has 0 radical (unpaired) electrons. The van der Waals surface area contributed by atoms with Crippen LogP contribution in [0.5, 0.6) is 5.75 Å². The van der Waals surface area contributed by atoms with Crippen molar-refractivity contribution in [2.75, 3.05) is 6.61 Å². The fraction of sp³-hybridized carbons (Fsp3) is 0.333. The van der Waals surface area contributed by atoms with Gasteiger partial charge in [0.15, 0.2) is 0 Å². The van der Waals surface area contributed by atoms with E-state index in [-0.39, 0.29) is 11.6 Å². The summed E-state index contributed by atoms with van der Waals surface area (Å²) in [5, 5.41) is 15.1. The Morgan fingerprint density at radius 1 is 1.30 bits per heavy atom. The number of amides is 2. The molecule has 3 N–H and O–H groups in total. The standard InChI is InChI=1S/C15H19N3O5/c1-4-23-12-6-5-10(15(21)22)7-11(12)8-16-18-14(20)13(19)17-9(2)3/h5-9H,4H2,1-3H3,(H,17,19)(H,18,20)(H,21,22)/b16-8-. The van der Waals surface area contributed by atoms with Gasteiger partial charge in [0.2, 0.25) is 0 Å². The predicted molar refractivity (Wildman–Crippen MR) is 83.6 cm³/mol. The molecular weight excluding hydrogens is 302 g/mol. The third kappa shape index (κ3) is 5.77. The van der Waals surface area contributed by atoms with E-state index in [1.807, 2.05) is 0 Å². The predicted octanol–water partition coefficient (Wildman–Crippen LogP) is 0.758. The van der Waals surface area contributed by atoms with Crippen molar-refractivity contribution >= 4 is 24.0 Å². The van der Waals surface area contributed by atoms with Crippen LogP contribution in [0, 0.1) is 0 Å². The molecular formula is C15H19N3O5. The van der Waals surface area contributed by atoms with Crippen LogP contribution in [-0.2, 0) is 9.59 Å². The van der Waals surface area contributed by atoms with E-state index < -0.39 is 17.8 Å². The lowest BCUT2D eigenvalue weighted by Gasteiger charge is -2.08. The Hall–Kier alpha value is -2.90. The number of aromatic carboxylic acids is 1. The van der Waals surface area contributed by atoms with Gasteiger partial charge in [-0.05, 0) is 39.0 Å². The van der Waals surface area contributed by atoms with Gasteiger partial charge in [0, 0.05) is 11.6 Å². The summed E-state index contributed by atoms with van der Waals surface area (Å²) in [6.07, 6.45) is 1.22. The van der Waals surface area contributed by atoms with Crippen LogP contribution in [0.15, 0.2) is 23.3 Å². The normalized spacial score (nSPS) is 10.6. The zero-order valence-corrected chi connectivity index (χ0v) is 13.1. The van der Waals surface area contributed by atoms with Crippen LogP contribution >= 0.6 is 0 Å². The van der Waals surface area contributed by atoms with Crippen molar-refractivity contribution in [2.24, 2.45) is 5.10 Å². The second kappa shape index (κ2) is 8.52. The number of rotatable bonds is 6. The lowest BCUT2D eigenvalue weighted by molar-refractivity contribution is -0.139. The number of carboxylic acid groups (broad SMARTS) is 1. The van der Waals surface area contributed by atoms with Gasteiger partial charge in [-0.3, -0.25) is 9.59 Å². The third-order valence-electron chi connectivity index (χ3n) is 2.55. The van der Waals surface area contributed by atoms with Gasteiger partial charge in [0.25, 0.3) is 0 Å². The quantitative estimate of drug-likeness (QED) is 0.406. The molecule has 1 aromatic carbocycles.